The Kier molecular flexibility index (Phi) is 2.42. The van der Waals surface area contributed by atoms with Crippen LogP contribution in [0.3, 0.4) is 0 Å². The van der Waals surface area contributed by atoms with Crippen LogP contribution in [-0.4, -0.2) is 29.4 Å². The minimum absolute atomic E-state index is 0.214. The summed E-state index contributed by atoms with van der Waals surface area (Å²) in [6.45, 7) is 1.71. The van der Waals surface area contributed by atoms with E-state index in [9.17, 15) is 14.4 Å². The van der Waals surface area contributed by atoms with Gasteiger partial charge in [0.15, 0.2) is 6.23 Å². The molecule has 1 saturated heterocycles. The first kappa shape index (κ1) is 8.70. The summed E-state index contributed by atoms with van der Waals surface area (Å²) in [5.74, 6) is -0.566. The molecule has 0 saturated carbocycles. The van der Waals surface area contributed by atoms with Crippen molar-refractivity contribution in [2.24, 2.45) is 0 Å². The topological polar surface area (TPSA) is 63.7 Å². The van der Waals surface area contributed by atoms with Gasteiger partial charge in [0.1, 0.15) is 0 Å². The first-order chi connectivity index (χ1) is 5.66. The third-order valence-electron chi connectivity index (χ3n) is 1.71. The van der Waals surface area contributed by atoms with Crippen LogP contribution < -0.4 is 0 Å². The van der Waals surface area contributed by atoms with Gasteiger partial charge in [-0.05, 0) is 6.92 Å². The minimum Gasteiger partial charge on any atom is -0.444 e. The van der Waals surface area contributed by atoms with E-state index in [-0.39, 0.29) is 31.1 Å². The van der Waals surface area contributed by atoms with E-state index in [0.29, 0.717) is 0 Å². The largest absolute Gasteiger partial charge is 0.444 e. The number of likely N-dealkylation sites (tertiary alicyclic amines) is 1. The van der Waals surface area contributed by atoms with Crippen molar-refractivity contribution in [2.75, 3.05) is 0 Å². The van der Waals surface area contributed by atoms with Crippen LogP contribution >= 0.6 is 0 Å². The minimum atomic E-state index is -0.773. The summed E-state index contributed by atoms with van der Waals surface area (Å²) in [4.78, 5) is 32.9. The van der Waals surface area contributed by atoms with E-state index in [4.69, 9.17) is 0 Å². The maximum Gasteiger partial charge on any atom is 0.295 e. The Morgan fingerprint density at radius 2 is 1.92 bits per heavy atom. The molecule has 0 bridgehead atoms. The maximum atomic E-state index is 11.0. The lowest BCUT2D eigenvalue weighted by molar-refractivity contribution is -0.156. The zero-order chi connectivity index (χ0) is 9.14. The average Bonchev–Trinajstić information content (AvgIpc) is 2.32. The Hall–Kier alpha value is -1.39. The van der Waals surface area contributed by atoms with Crippen molar-refractivity contribution in [3.8, 4) is 0 Å². The van der Waals surface area contributed by atoms with Gasteiger partial charge in [-0.25, -0.2) is 4.90 Å². The summed E-state index contributed by atoms with van der Waals surface area (Å²) in [5.41, 5.74) is 0. The predicted octanol–water partition coefficient (Wildman–Crippen LogP) is -0.346. The van der Waals surface area contributed by atoms with Crippen LogP contribution in [-0.2, 0) is 19.1 Å². The lowest BCUT2D eigenvalue weighted by Gasteiger charge is -2.19. The van der Waals surface area contributed by atoms with Gasteiger partial charge in [-0.1, -0.05) is 0 Å². The summed E-state index contributed by atoms with van der Waals surface area (Å²) < 4.78 is 4.47. The fourth-order valence-corrected chi connectivity index (χ4v) is 1.14. The third kappa shape index (κ3) is 1.44. The van der Waals surface area contributed by atoms with Crippen LogP contribution in [0.4, 0.5) is 0 Å². The van der Waals surface area contributed by atoms with Crippen molar-refractivity contribution in [1.82, 2.24) is 4.90 Å². The van der Waals surface area contributed by atoms with Crippen molar-refractivity contribution in [3.05, 3.63) is 0 Å². The summed E-state index contributed by atoms with van der Waals surface area (Å²) >= 11 is 0. The van der Waals surface area contributed by atoms with Gasteiger partial charge in [0.2, 0.25) is 11.8 Å². The molecule has 1 fully saturated rings. The number of carbonyl (C=O) groups excluding carboxylic acids is 3. The molecule has 1 heterocycles. The van der Waals surface area contributed by atoms with E-state index in [1.54, 1.807) is 0 Å². The molecule has 5 nitrogen and oxygen atoms in total. The molecule has 0 aromatic carbocycles. The van der Waals surface area contributed by atoms with Gasteiger partial charge in [-0.15, -0.1) is 0 Å². The maximum absolute atomic E-state index is 11.0. The van der Waals surface area contributed by atoms with Crippen LogP contribution in [0.2, 0.25) is 0 Å². The van der Waals surface area contributed by atoms with Crippen LogP contribution in [0.5, 0.6) is 0 Å². The molecule has 1 aliphatic rings. The SMILES string of the molecule is CC(OC=O)N1C(=O)CCC1=O. The fourth-order valence-electron chi connectivity index (χ4n) is 1.14. The van der Waals surface area contributed by atoms with E-state index < -0.39 is 6.23 Å². The number of nitrogens with zero attached hydrogens (tertiary/aromatic N) is 1. The molecule has 0 N–H and O–H groups in total. The van der Waals surface area contributed by atoms with Crippen LogP contribution in [0.15, 0.2) is 0 Å². The van der Waals surface area contributed by atoms with Gasteiger partial charge in [0.05, 0.1) is 0 Å². The molecule has 5 heteroatoms. The molecule has 0 spiro atoms. The second kappa shape index (κ2) is 3.34. The highest BCUT2D eigenvalue weighted by molar-refractivity contribution is 6.02. The Balaban J connectivity index is 2.65. The number of imide groups is 1. The molecule has 66 valence electrons. The first-order valence-electron chi connectivity index (χ1n) is 3.61. The number of amides is 2. The highest BCUT2D eigenvalue weighted by atomic mass is 16.5. The number of ether oxygens (including phenoxy) is 1. The summed E-state index contributed by atoms with van der Waals surface area (Å²) in [6, 6.07) is 0. The van der Waals surface area contributed by atoms with Gasteiger partial charge >= 0.3 is 0 Å². The molecule has 12 heavy (non-hydrogen) atoms. The Bertz CT molecular complexity index is 209. The first-order valence-corrected chi connectivity index (χ1v) is 3.61. The van der Waals surface area contributed by atoms with Gasteiger partial charge in [0, 0.05) is 12.8 Å². The van der Waals surface area contributed by atoms with E-state index in [1.807, 2.05) is 0 Å². The molecule has 0 aromatic heterocycles. The lowest BCUT2D eigenvalue weighted by atomic mass is 10.4. The summed E-state index contributed by atoms with van der Waals surface area (Å²) in [5, 5.41) is 0. The normalized spacial score (nSPS) is 19.6. The van der Waals surface area contributed by atoms with Crippen LogP contribution in [0.1, 0.15) is 19.8 Å². The Labute approximate surface area is 69.3 Å². The Morgan fingerprint density at radius 1 is 1.42 bits per heavy atom. The molecule has 0 aliphatic carbocycles. The van der Waals surface area contributed by atoms with Crippen molar-refractivity contribution in [3.63, 3.8) is 0 Å². The Morgan fingerprint density at radius 3 is 2.33 bits per heavy atom. The van der Waals surface area contributed by atoms with Gasteiger partial charge < -0.3 is 4.74 Å². The second-order valence-electron chi connectivity index (χ2n) is 2.49. The zero-order valence-electron chi connectivity index (χ0n) is 6.65. The molecular weight excluding hydrogens is 162 g/mol. The molecule has 0 aromatic rings. The van der Waals surface area contributed by atoms with E-state index in [2.05, 4.69) is 4.74 Å². The van der Waals surface area contributed by atoms with Gasteiger partial charge in [-0.3, -0.25) is 14.4 Å². The average molecular weight is 171 g/mol. The van der Waals surface area contributed by atoms with Gasteiger partial charge in [0.25, 0.3) is 6.47 Å². The molecule has 0 radical (unpaired) electrons. The van der Waals surface area contributed by atoms with E-state index in [1.165, 1.54) is 6.92 Å². The highest BCUT2D eigenvalue weighted by Crippen LogP contribution is 2.15. The van der Waals surface area contributed by atoms with Crippen molar-refractivity contribution >= 4 is 18.3 Å². The molecule has 1 aliphatic heterocycles. The summed E-state index contributed by atoms with van der Waals surface area (Å²) in [7, 11) is 0. The molecule has 1 atom stereocenters. The van der Waals surface area contributed by atoms with Gasteiger partial charge in [-0.2, -0.15) is 0 Å². The quantitative estimate of drug-likeness (QED) is 0.430. The van der Waals surface area contributed by atoms with E-state index >= 15 is 0 Å². The molecule has 1 rings (SSSR count). The third-order valence-corrected chi connectivity index (χ3v) is 1.71. The standard InChI is InChI=1S/C7H9NO4/c1-5(12-4-9)8-6(10)2-3-7(8)11/h4-5H,2-3H2,1H3. The zero-order valence-corrected chi connectivity index (χ0v) is 6.65. The second-order valence-corrected chi connectivity index (χ2v) is 2.49. The van der Waals surface area contributed by atoms with E-state index in [0.717, 1.165) is 4.90 Å². The summed E-state index contributed by atoms with van der Waals surface area (Å²) in [6.07, 6.45) is -0.346. The monoisotopic (exact) mass is 171 g/mol. The van der Waals surface area contributed by atoms with Crippen LogP contribution in [0, 0.1) is 0 Å². The highest BCUT2D eigenvalue weighted by Gasteiger charge is 2.33. The molecule has 2 amide bonds. The molecular formula is C7H9NO4. The number of rotatable bonds is 3. The number of carbonyl (C=O) groups is 3. The van der Waals surface area contributed by atoms with Crippen molar-refractivity contribution in [1.29, 1.82) is 0 Å². The number of hydrogen-bond acceptors (Lipinski definition) is 4. The van der Waals surface area contributed by atoms with Crippen molar-refractivity contribution in [2.45, 2.75) is 26.0 Å². The van der Waals surface area contributed by atoms with Crippen molar-refractivity contribution < 1.29 is 19.1 Å². The van der Waals surface area contributed by atoms with Crippen LogP contribution in [0.25, 0.3) is 0 Å². The fraction of sp³-hybridized carbons (Fsp3) is 0.571. The number of hydrogen-bond donors (Lipinski definition) is 0. The lowest BCUT2D eigenvalue weighted by Crippen LogP contribution is -2.38. The molecule has 1 unspecified atom stereocenters. The predicted molar refractivity (Wildman–Crippen MR) is 37.7 cm³/mol. The smallest absolute Gasteiger partial charge is 0.295 e.